The summed E-state index contributed by atoms with van der Waals surface area (Å²) in [5.41, 5.74) is 3.86. The zero-order valence-electron chi connectivity index (χ0n) is 16.3. The Morgan fingerprint density at radius 2 is 1.90 bits per heavy atom. The first-order chi connectivity index (χ1) is 14.5. The first-order valence-electron chi connectivity index (χ1n) is 9.05. The van der Waals surface area contributed by atoms with E-state index >= 15 is 0 Å². The lowest BCUT2D eigenvalue weighted by molar-refractivity contribution is 0.626. The van der Waals surface area contributed by atoms with Gasteiger partial charge in [-0.15, -0.1) is 0 Å². The van der Waals surface area contributed by atoms with Gasteiger partial charge in [-0.25, -0.2) is 14.6 Å². The molecule has 0 amide bonds. The number of imidazole rings is 1. The van der Waals surface area contributed by atoms with Crippen LogP contribution in [0.25, 0.3) is 11.2 Å². The van der Waals surface area contributed by atoms with E-state index in [9.17, 15) is 14.0 Å². The molecule has 4 rings (SSSR count). The molecule has 0 aliphatic rings. The summed E-state index contributed by atoms with van der Waals surface area (Å²) in [6.07, 6.45) is 4.86. The van der Waals surface area contributed by atoms with Crippen molar-refractivity contribution in [3.8, 4) is 0 Å². The molecule has 4 aromatic rings. The maximum absolute atomic E-state index is 13.3. The Morgan fingerprint density at radius 1 is 1.13 bits per heavy atom. The number of nitrogens with zero attached hydrogens (tertiary/aromatic N) is 6. The quantitative estimate of drug-likeness (QED) is 0.399. The summed E-state index contributed by atoms with van der Waals surface area (Å²) in [6, 6.07) is 9.54. The van der Waals surface area contributed by atoms with Gasteiger partial charge in [-0.2, -0.15) is 10.1 Å². The minimum atomic E-state index is -0.482. The van der Waals surface area contributed by atoms with Crippen LogP contribution in [0.15, 0.2) is 63.5 Å². The highest BCUT2D eigenvalue weighted by atomic mass is 19.1. The predicted molar refractivity (Wildman–Crippen MR) is 111 cm³/mol. The topological polar surface area (TPSA) is 99.1 Å². The minimum absolute atomic E-state index is 0.226. The smallest absolute Gasteiger partial charge is 0.298 e. The fourth-order valence-corrected chi connectivity index (χ4v) is 3.08. The van der Waals surface area contributed by atoms with Gasteiger partial charge in [-0.1, -0.05) is 18.2 Å². The van der Waals surface area contributed by atoms with Gasteiger partial charge in [0.2, 0.25) is 5.95 Å². The number of aryl methyl sites for hydroxylation is 1. The molecule has 152 valence electrons. The Hall–Kier alpha value is -4.08. The van der Waals surface area contributed by atoms with Crippen molar-refractivity contribution in [1.82, 2.24) is 23.7 Å². The summed E-state index contributed by atoms with van der Waals surface area (Å²) >= 11 is 0. The number of hydrazone groups is 1. The highest BCUT2D eigenvalue weighted by Crippen LogP contribution is 2.18. The molecule has 3 heterocycles. The van der Waals surface area contributed by atoms with E-state index in [0.717, 1.165) is 15.7 Å². The highest BCUT2D eigenvalue weighted by molar-refractivity contribution is 5.80. The number of hydrogen-bond acceptors (Lipinski definition) is 6. The summed E-state index contributed by atoms with van der Waals surface area (Å²) in [5.74, 6) is -0.0836. The number of nitrogens with one attached hydrogen (secondary N) is 1. The van der Waals surface area contributed by atoms with Crippen LogP contribution in [0.2, 0.25) is 0 Å². The van der Waals surface area contributed by atoms with Gasteiger partial charge in [-0.3, -0.25) is 23.5 Å². The summed E-state index contributed by atoms with van der Waals surface area (Å²) in [6.45, 7) is 0.231. The van der Waals surface area contributed by atoms with Crippen molar-refractivity contribution >= 4 is 23.3 Å². The van der Waals surface area contributed by atoms with Crippen molar-refractivity contribution in [3.63, 3.8) is 0 Å². The summed E-state index contributed by atoms with van der Waals surface area (Å²) in [4.78, 5) is 33.6. The molecule has 0 spiro atoms. The predicted octanol–water partition coefficient (Wildman–Crippen LogP) is 1.46. The zero-order valence-corrected chi connectivity index (χ0v) is 16.3. The molecule has 30 heavy (non-hydrogen) atoms. The fraction of sp³-hybridized carbons (Fsp3) is 0.150. The van der Waals surface area contributed by atoms with E-state index in [-0.39, 0.29) is 29.5 Å². The Bertz CT molecular complexity index is 1350. The molecule has 0 fully saturated rings. The van der Waals surface area contributed by atoms with Crippen LogP contribution in [0.4, 0.5) is 10.3 Å². The van der Waals surface area contributed by atoms with Crippen molar-refractivity contribution in [3.05, 3.63) is 86.6 Å². The molecule has 9 nitrogen and oxygen atoms in total. The molecule has 0 unspecified atom stereocenters. The van der Waals surface area contributed by atoms with Crippen LogP contribution in [-0.2, 0) is 20.6 Å². The second-order valence-corrected chi connectivity index (χ2v) is 6.68. The van der Waals surface area contributed by atoms with Crippen LogP contribution < -0.4 is 16.7 Å². The van der Waals surface area contributed by atoms with Gasteiger partial charge in [0.05, 0.1) is 12.8 Å². The number of pyridine rings is 1. The van der Waals surface area contributed by atoms with Gasteiger partial charge in [0.1, 0.15) is 5.82 Å². The second-order valence-electron chi connectivity index (χ2n) is 6.68. The van der Waals surface area contributed by atoms with E-state index in [0.29, 0.717) is 0 Å². The van der Waals surface area contributed by atoms with Crippen LogP contribution in [0.3, 0.4) is 0 Å². The number of halogens is 1. The monoisotopic (exact) mass is 407 g/mol. The molecule has 0 bridgehead atoms. The average molecular weight is 407 g/mol. The lowest BCUT2D eigenvalue weighted by Crippen LogP contribution is -2.37. The van der Waals surface area contributed by atoms with Gasteiger partial charge < -0.3 is 0 Å². The molecule has 0 aliphatic heterocycles. The number of anilines is 1. The number of benzene rings is 1. The number of aromatic nitrogens is 5. The van der Waals surface area contributed by atoms with E-state index in [4.69, 9.17) is 0 Å². The Labute approximate surface area is 169 Å². The number of hydrogen-bond donors (Lipinski definition) is 1. The van der Waals surface area contributed by atoms with Crippen molar-refractivity contribution in [2.24, 2.45) is 19.2 Å². The second kappa shape index (κ2) is 7.74. The van der Waals surface area contributed by atoms with Crippen LogP contribution in [0.5, 0.6) is 0 Å². The van der Waals surface area contributed by atoms with E-state index in [1.165, 1.54) is 23.7 Å². The van der Waals surface area contributed by atoms with E-state index < -0.39 is 11.2 Å². The molecular weight excluding hydrogens is 389 g/mol. The molecule has 1 aromatic carbocycles. The Morgan fingerprint density at radius 3 is 2.60 bits per heavy atom. The van der Waals surface area contributed by atoms with Crippen LogP contribution >= 0.6 is 0 Å². The molecule has 3 aromatic heterocycles. The number of rotatable bonds is 5. The van der Waals surface area contributed by atoms with Gasteiger partial charge >= 0.3 is 5.69 Å². The van der Waals surface area contributed by atoms with Gasteiger partial charge in [-0.05, 0) is 23.8 Å². The molecular formula is C20H18FN7O2. The van der Waals surface area contributed by atoms with Crippen molar-refractivity contribution in [2.45, 2.75) is 6.54 Å². The Balaban J connectivity index is 1.83. The fourth-order valence-electron chi connectivity index (χ4n) is 3.08. The van der Waals surface area contributed by atoms with Crippen LogP contribution in [0, 0.1) is 5.82 Å². The third-order valence-corrected chi connectivity index (χ3v) is 4.66. The van der Waals surface area contributed by atoms with Gasteiger partial charge in [0.25, 0.3) is 5.56 Å². The van der Waals surface area contributed by atoms with Crippen LogP contribution in [0.1, 0.15) is 11.1 Å². The summed E-state index contributed by atoms with van der Waals surface area (Å²) in [7, 11) is 2.95. The maximum atomic E-state index is 13.3. The average Bonchev–Trinajstić information content (AvgIpc) is 3.11. The Kier molecular flexibility index (Phi) is 4.97. The normalized spacial score (nSPS) is 11.4. The molecule has 0 aliphatic carbocycles. The first-order valence-corrected chi connectivity index (χ1v) is 9.05. The largest absolute Gasteiger partial charge is 0.332 e. The third kappa shape index (κ3) is 3.50. The minimum Gasteiger partial charge on any atom is -0.298 e. The van der Waals surface area contributed by atoms with Gasteiger partial charge in [0.15, 0.2) is 11.2 Å². The summed E-state index contributed by atoms with van der Waals surface area (Å²) < 4.78 is 17.2. The van der Waals surface area contributed by atoms with Gasteiger partial charge in [0, 0.05) is 32.1 Å². The van der Waals surface area contributed by atoms with Crippen molar-refractivity contribution < 1.29 is 4.39 Å². The SMILES string of the molecule is Cn1c(=O)c2c(nc(N/N=C\c3cccnc3)n2Cc2ccc(F)cc2)n(C)c1=O. The first kappa shape index (κ1) is 19.2. The summed E-state index contributed by atoms with van der Waals surface area (Å²) in [5, 5.41) is 4.17. The molecule has 0 saturated carbocycles. The molecule has 0 atom stereocenters. The number of fused-ring (bicyclic) bond motifs is 1. The lowest BCUT2D eigenvalue weighted by atomic mass is 10.2. The third-order valence-electron chi connectivity index (χ3n) is 4.66. The van der Waals surface area contributed by atoms with E-state index in [1.54, 1.807) is 48.4 Å². The van der Waals surface area contributed by atoms with E-state index in [1.807, 2.05) is 6.07 Å². The standard InChI is InChI=1S/C20H18FN7O2/c1-26-17-16(18(29)27(2)20(26)30)28(12-13-5-7-15(21)8-6-13)19(24-17)25-23-11-14-4-3-9-22-10-14/h3-11H,12H2,1-2H3,(H,24,25)/b23-11-. The molecule has 10 heteroatoms. The molecule has 0 radical (unpaired) electrons. The van der Waals surface area contributed by atoms with Crippen molar-refractivity contribution in [2.75, 3.05) is 5.43 Å². The maximum Gasteiger partial charge on any atom is 0.332 e. The molecule has 1 N–H and O–H groups in total. The van der Waals surface area contributed by atoms with Crippen molar-refractivity contribution in [1.29, 1.82) is 0 Å². The molecule has 0 saturated heterocycles. The zero-order chi connectivity index (χ0) is 21.3. The van der Waals surface area contributed by atoms with E-state index in [2.05, 4.69) is 20.5 Å². The van der Waals surface area contributed by atoms with Crippen LogP contribution in [-0.4, -0.2) is 29.9 Å². The lowest BCUT2D eigenvalue weighted by Gasteiger charge is -2.09. The highest BCUT2D eigenvalue weighted by Gasteiger charge is 2.19.